The topological polar surface area (TPSA) is 91.8 Å². The Hall–Kier alpha value is -4.13. The van der Waals surface area contributed by atoms with Gasteiger partial charge in [-0.2, -0.15) is 0 Å². The molecule has 2 saturated carbocycles. The minimum absolute atomic E-state index is 0.112. The summed E-state index contributed by atoms with van der Waals surface area (Å²) in [5.41, 5.74) is 1.46. The van der Waals surface area contributed by atoms with Gasteiger partial charge in [0.1, 0.15) is 0 Å². The molecule has 38 heavy (non-hydrogen) atoms. The van der Waals surface area contributed by atoms with Crippen LogP contribution in [0.25, 0.3) is 0 Å². The molecule has 8 rings (SSSR count). The van der Waals surface area contributed by atoms with Gasteiger partial charge >= 0.3 is 0 Å². The Kier molecular flexibility index (Phi) is 4.30. The van der Waals surface area contributed by atoms with Crippen LogP contribution in [0.15, 0.2) is 72.8 Å². The number of anilines is 2. The normalized spacial score (nSPS) is 35.7. The number of hydrogen-bond donors (Lipinski definition) is 0. The second-order valence-electron chi connectivity index (χ2n) is 11.5. The lowest BCUT2D eigenvalue weighted by Gasteiger charge is -2.19. The Bertz CT molecular complexity index is 1380. The van der Waals surface area contributed by atoms with Crippen LogP contribution in [0.4, 0.5) is 11.4 Å². The number of benzene rings is 2. The Morgan fingerprint density at radius 3 is 1.24 bits per heavy atom. The molecule has 0 spiro atoms. The summed E-state index contributed by atoms with van der Waals surface area (Å²) in [6, 6.07) is 13.2. The number of hydrogen-bond acceptors (Lipinski definition) is 5. The fraction of sp³-hybridized carbons (Fsp3) is 0.323. The van der Waals surface area contributed by atoms with Crippen molar-refractivity contribution < 1.29 is 24.0 Å². The van der Waals surface area contributed by atoms with Crippen LogP contribution in [0.2, 0.25) is 0 Å². The van der Waals surface area contributed by atoms with Gasteiger partial charge < -0.3 is 0 Å². The fourth-order valence-corrected chi connectivity index (χ4v) is 8.05. The summed E-state index contributed by atoms with van der Waals surface area (Å²) in [6.45, 7) is 0. The lowest BCUT2D eigenvalue weighted by molar-refractivity contribution is -0.124. The molecule has 8 atom stereocenters. The second kappa shape index (κ2) is 7.47. The van der Waals surface area contributed by atoms with Crippen molar-refractivity contribution in [2.75, 3.05) is 9.80 Å². The molecule has 2 aliphatic heterocycles. The smallest absolute Gasteiger partial charge is 0.238 e. The molecule has 7 heteroatoms. The molecule has 0 radical (unpaired) electrons. The summed E-state index contributed by atoms with van der Waals surface area (Å²) in [6.07, 6.45) is 9.93. The highest BCUT2D eigenvalue weighted by Gasteiger charge is 2.60. The summed E-state index contributed by atoms with van der Waals surface area (Å²) in [5.74, 6) is -1.87. The Balaban J connectivity index is 1.08. The van der Waals surface area contributed by atoms with Gasteiger partial charge in [-0.1, -0.05) is 48.6 Å². The van der Waals surface area contributed by atoms with Crippen LogP contribution in [0.5, 0.6) is 0 Å². The number of carbonyl (C=O) groups is 5. The number of nitrogens with zero attached hydrogens (tertiary/aromatic N) is 2. The third-order valence-electron chi connectivity index (χ3n) is 9.67. The minimum atomic E-state index is -0.311. The van der Waals surface area contributed by atoms with Crippen LogP contribution in [0, 0.1) is 47.3 Å². The number of allylic oxidation sites excluding steroid dienone is 4. The maximum Gasteiger partial charge on any atom is 0.238 e. The van der Waals surface area contributed by atoms with Crippen LogP contribution in [0.1, 0.15) is 28.8 Å². The predicted octanol–water partition coefficient (Wildman–Crippen LogP) is 3.54. The number of ketones is 1. The number of imide groups is 2. The van der Waals surface area contributed by atoms with Crippen molar-refractivity contribution in [1.29, 1.82) is 0 Å². The van der Waals surface area contributed by atoms with Crippen LogP contribution < -0.4 is 9.80 Å². The Morgan fingerprint density at radius 2 is 0.895 bits per heavy atom. The highest BCUT2D eigenvalue weighted by Crippen LogP contribution is 2.54. The van der Waals surface area contributed by atoms with Gasteiger partial charge in [-0.3, -0.25) is 24.0 Å². The average Bonchev–Trinajstić information content (AvgIpc) is 3.77. The maximum absolute atomic E-state index is 13.5. The van der Waals surface area contributed by atoms with Crippen LogP contribution in [-0.4, -0.2) is 29.4 Å². The highest BCUT2D eigenvalue weighted by molar-refractivity contribution is 6.24. The van der Waals surface area contributed by atoms with E-state index in [1.807, 2.05) is 0 Å². The molecule has 4 fully saturated rings. The summed E-state index contributed by atoms with van der Waals surface area (Å²) in [7, 11) is 0. The number of rotatable bonds is 4. The summed E-state index contributed by atoms with van der Waals surface area (Å²) in [5, 5.41) is 0. The van der Waals surface area contributed by atoms with E-state index in [2.05, 4.69) is 24.3 Å². The molecule has 188 valence electrons. The maximum atomic E-state index is 13.5. The molecule has 2 heterocycles. The van der Waals surface area contributed by atoms with E-state index in [4.69, 9.17) is 0 Å². The van der Waals surface area contributed by atoms with E-state index in [1.165, 1.54) is 9.80 Å². The van der Waals surface area contributed by atoms with E-state index in [9.17, 15) is 24.0 Å². The van der Waals surface area contributed by atoms with Crippen LogP contribution in [0.3, 0.4) is 0 Å². The Morgan fingerprint density at radius 1 is 0.553 bits per heavy atom. The van der Waals surface area contributed by atoms with E-state index >= 15 is 0 Å². The van der Waals surface area contributed by atoms with Crippen molar-refractivity contribution in [3.63, 3.8) is 0 Å². The lowest BCUT2D eigenvalue weighted by Crippen LogP contribution is -2.33. The molecule has 2 aromatic carbocycles. The Labute approximate surface area is 218 Å². The number of carbonyl (C=O) groups excluding carboxylic acids is 5. The van der Waals surface area contributed by atoms with Crippen molar-refractivity contribution in [1.82, 2.24) is 0 Å². The molecule has 6 aliphatic rings. The van der Waals surface area contributed by atoms with Gasteiger partial charge in [-0.25, -0.2) is 9.80 Å². The first-order chi connectivity index (χ1) is 18.4. The molecule has 0 N–H and O–H groups in total. The first-order valence-corrected chi connectivity index (χ1v) is 13.3. The fourth-order valence-electron chi connectivity index (χ4n) is 8.05. The standard InChI is InChI=1S/C31H24N2O5/c34-27(19-3-1-5-21(13-19)32-28(35)23-15-7-8-16(11-15)24(23)29(32)36)20-4-2-6-22(14-20)33-30(37)25-17-9-10-18(12-17)26(25)31(33)38/h1-10,13-18,23-26H,11-12H2/t15-,16-,17-,18-,23-,24+,25+,26+/m0/s1. The predicted molar refractivity (Wildman–Crippen MR) is 137 cm³/mol. The van der Waals surface area contributed by atoms with E-state index in [0.29, 0.717) is 22.5 Å². The van der Waals surface area contributed by atoms with Gasteiger partial charge in [0.2, 0.25) is 23.6 Å². The SMILES string of the molecule is O=C(c1cccc(N2C(=O)[C@@H]3[C@H](C2=O)[C@H]2C=C[C@H]3C2)c1)c1cccc(N2C(=O)[C@H]3[C@H](C2=O)[C@H]2C=C[C@H]3C2)c1. The van der Waals surface area contributed by atoms with Crippen LogP contribution in [-0.2, 0) is 19.2 Å². The van der Waals surface area contributed by atoms with E-state index in [1.54, 1.807) is 48.5 Å². The molecular weight excluding hydrogens is 480 g/mol. The van der Waals surface area contributed by atoms with Crippen molar-refractivity contribution in [3.05, 3.63) is 84.0 Å². The summed E-state index contributed by atoms with van der Waals surface area (Å²) in [4.78, 5) is 69.0. The van der Waals surface area contributed by atoms with Crippen LogP contribution >= 0.6 is 0 Å². The number of fused-ring (bicyclic) bond motifs is 10. The zero-order valence-corrected chi connectivity index (χ0v) is 20.4. The first kappa shape index (κ1) is 21.9. The van der Waals surface area contributed by atoms with Crippen molar-refractivity contribution in [2.24, 2.45) is 47.3 Å². The molecule has 4 amide bonds. The van der Waals surface area contributed by atoms with Crippen molar-refractivity contribution >= 4 is 40.8 Å². The van der Waals surface area contributed by atoms with E-state index in [-0.39, 0.29) is 76.8 Å². The zero-order valence-electron chi connectivity index (χ0n) is 20.4. The van der Waals surface area contributed by atoms with Gasteiger partial charge in [0.15, 0.2) is 5.78 Å². The van der Waals surface area contributed by atoms with Crippen molar-refractivity contribution in [3.8, 4) is 0 Å². The first-order valence-electron chi connectivity index (χ1n) is 13.3. The van der Waals surface area contributed by atoms with Gasteiger partial charge in [-0.05, 0) is 60.8 Å². The quantitative estimate of drug-likeness (QED) is 0.361. The molecule has 0 unspecified atom stereocenters. The largest absolute Gasteiger partial charge is 0.289 e. The molecular formula is C31H24N2O5. The van der Waals surface area contributed by atoms with Gasteiger partial charge in [0.25, 0.3) is 0 Å². The molecule has 7 nitrogen and oxygen atoms in total. The third-order valence-corrected chi connectivity index (χ3v) is 9.67. The van der Waals surface area contributed by atoms with Crippen molar-refractivity contribution in [2.45, 2.75) is 12.8 Å². The molecule has 2 aromatic rings. The third kappa shape index (κ3) is 2.71. The zero-order chi connectivity index (χ0) is 25.9. The van der Waals surface area contributed by atoms with Gasteiger partial charge in [0, 0.05) is 11.1 Å². The summed E-state index contributed by atoms with van der Waals surface area (Å²) < 4.78 is 0. The van der Waals surface area contributed by atoms with E-state index < -0.39 is 0 Å². The van der Waals surface area contributed by atoms with E-state index in [0.717, 1.165) is 12.8 Å². The van der Waals surface area contributed by atoms with Gasteiger partial charge in [-0.15, -0.1) is 0 Å². The summed E-state index contributed by atoms with van der Waals surface area (Å²) >= 11 is 0. The molecule has 2 saturated heterocycles. The second-order valence-corrected chi connectivity index (χ2v) is 11.5. The molecule has 0 aromatic heterocycles. The highest BCUT2D eigenvalue weighted by atomic mass is 16.2. The molecule has 4 bridgehead atoms. The average molecular weight is 505 g/mol. The monoisotopic (exact) mass is 504 g/mol. The number of amides is 4. The minimum Gasteiger partial charge on any atom is -0.289 e. The molecule has 4 aliphatic carbocycles. The van der Waals surface area contributed by atoms with Gasteiger partial charge in [0.05, 0.1) is 35.0 Å². The lowest BCUT2D eigenvalue weighted by atomic mass is 9.85.